The van der Waals surface area contributed by atoms with E-state index in [1.165, 1.54) is 11.1 Å². The van der Waals surface area contributed by atoms with Crippen molar-refractivity contribution in [1.29, 1.82) is 0 Å². The number of aromatic nitrogens is 1. The molecule has 0 aliphatic rings. The average molecular weight is 243 g/mol. The Labute approximate surface area is 107 Å². The van der Waals surface area contributed by atoms with Crippen LogP contribution in [0.3, 0.4) is 0 Å². The second-order valence-electron chi connectivity index (χ2n) is 4.22. The smallest absolute Gasteiger partial charge is 0.215 e. The van der Waals surface area contributed by atoms with E-state index in [0.717, 1.165) is 5.69 Å². The fourth-order valence-electron chi connectivity index (χ4n) is 1.62. The van der Waals surface area contributed by atoms with Gasteiger partial charge in [-0.2, -0.15) is 4.98 Å². The van der Waals surface area contributed by atoms with Gasteiger partial charge in [0.05, 0.1) is 12.8 Å². The first-order valence-corrected chi connectivity index (χ1v) is 5.75. The molecule has 2 aromatic rings. The number of hydrogen-bond donors (Lipinski definition) is 2. The van der Waals surface area contributed by atoms with Crippen LogP contribution in [-0.4, -0.2) is 12.1 Å². The Morgan fingerprint density at radius 1 is 1.11 bits per heavy atom. The van der Waals surface area contributed by atoms with E-state index in [9.17, 15) is 0 Å². The number of ether oxygens (including phenoxy) is 1. The predicted molar refractivity (Wildman–Crippen MR) is 74.4 cm³/mol. The van der Waals surface area contributed by atoms with Crippen molar-refractivity contribution in [1.82, 2.24) is 4.98 Å². The summed E-state index contributed by atoms with van der Waals surface area (Å²) < 4.78 is 5.08. The summed E-state index contributed by atoms with van der Waals surface area (Å²) in [5.41, 5.74) is 9.91. The summed E-state index contributed by atoms with van der Waals surface area (Å²) in [6, 6.07) is 9.64. The van der Waals surface area contributed by atoms with Gasteiger partial charge in [0.1, 0.15) is 0 Å². The minimum Gasteiger partial charge on any atom is -0.481 e. The predicted octanol–water partition coefficient (Wildman–Crippen LogP) is 3.03. The molecule has 4 heteroatoms. The molecule has 0 atom stereocenters. The van der Waals surface area contributed by atoms with Crippen molar-refractivity contribution in [2.45, 2.75) is 13.8 Å². The van der Waals surface area contributed by atoms with Gasteiger partial charge >= 0.3 is 0 Å². The maximum atomic E-state index is 5.88. The maximum absolute atomic E-state index is 5.88. The SMILES string of the molecule is COc1ccc(N)c(Nc2ccc(C)c(C)c2)n1. The van der Waals surface area contributed by atoms with Gasteiger partial charge in [0, 0.05) is 11.8 Å². The molecule has 1 aromatic heterocycles. The summed E-state index contributed by atoms with van der Waals surface area (Å²) in [5.74, 6) is 1.15. The van der Waals surface area contributed by atoms with Crippen LogP contribution in [0.15, 0.2) is 30.3 Å². The van der Waals surface area contributed by atoms with Crippen LogP contribution in [0.2, 0.25) is 0 Å². The quantitative estimate of drug-likeness (QED) is 0.869. The molecule has 0 saturated carbocycles. The van der Waals surface area contributed by atoms with Gasteiger partial charge < -0.3 is 15.8 Å². The normalized spacial score (nSPS) is 10.2. The lowest BCUT2D eigenvalue weighted by Crippen LogP contribution is -2.01. The van der Waals surface area contributed by atoms with E-state index < -0.39 is 0 Å². The average Bonchev–Trinajstić information content (AvgIpc) is 2.36. The Morgan fingerprint density at radius 3 is 2.56 bits per heavy atom. The molecule has 1 aromatic carbocycles. The molecule has 0 aliphatic carbocycles. The molecule has 0 fully saturated rings. The molecule has 1 heterocycles. The first-order chi connectivity index (χ1) is 8.60. The molecule has 3 N–H and O–H groups in total. The molecular weight excluding hydrogens is 226 g/mol. The Bertz CT molecular complexity index is 567. The van der Waals surface area contributed by atoms with Crippen LogP contribution >= 0.6 is 0 Å². The van der Waals surface area contributed by atoms with E-state index in [0.29, 0.717) is 17.4 Å². The third-order valence-electron chi connectivity index (χ3n) is 2.88. The van der Waals surface area contributed by atoms with E-state index in [1.54, 1.807) is 19.2 Å². The van der Waals surface area contributed by atoms with Crippen LogP contribution in [0.1, 0.15) is 11.1 Å². The molecule has 0 amide bonds. The second-order valence-corrected chi connectivity index (χ2v) is 4.22. The number of aryl methyl sites for hydroxylation is 2. The number of nitrogens with two attached hydrogens (primary N) is 1. The number of nitrogens with zero attached hydrogens (tertiary/aromatic N) is 1. The summed E-state index contributed by atoms with van der Waals surface area (Å²) in [7, 11) is 1.58. The van der Waals surface area contributed by atoms with Crippen LogP contribution in [0.25, 0.3) is 0 Å². The zero-order valence-electron chi connectivity index (χ0n) is 10.8. The standard InChI is InChI=1S/C14H17N3O/c1-9-4-5-11(8-10(9)2)16-14-12(15)6-7-13(17-14)18-3/h4-8H,15H2,1-3H3,(H,16,17). The highest BCUT2D eigenvalue weighted by Gasteiger charge is 2.04. The van der Waals surface area contributed by atoms with E-state index in [1.807, 2.05) is 6.07 Å². The summed E-state index contributed by atoms with van der Waals surface area (Å²) in [4.78, 5) is 4.28. The number of pyridine rings is 1. The van der Waals surface area contributed by atoms with Gasteiger partial charge in [-0.3, -0.25) is 0 Å². The monoisotopic (exact) mass is 243 g/mol. The van der Waals surface area contributed by atoms with Crippen molar-refractivity contribution in [3.63, 3.8) is 0 Å². The number of nitrogen functional groups attached to an aromatic ring is 1. The van der Waals surface area contributed by atoms with Crippen LogP contribution in [0.5, 0.6) is 5.88 Å². The van der Waals surface area contributed by atoms with Crippen molar-refractivity contribution in [2.75, 3.05) is 18.2 Å². The number of benzene rings is 1. The first-order valence-electron chi connectivity index (χ1n) is 5.75. The molecule has 0 spiro atoms. The molecule has 2 rings (SSSR count). The van der Waals surface area contributed by atoms with Gasteiger partial charge in [0.25, 0.3) is 0 Å². The van der Waals surface area contributed by atoms with Crippen molar-refractivity contribution in [3.8, 4) is 5.88 Å². The fourth-order valence-corrected chi connectivity index (χ4v) is 1.62. The number of hydrogen-bond acceptors (Lipinski definition) is 4. The third kappa shape index (κ3) is 2.53. The first kappa shape index (κ1) is 12.2. The van der Waals surface area contributed by atoms with E-state index in [2.05, 4.69) is 36.3 Å². The van der Waals surface area contributed by atoms with Crippen LogP contribution in [-0.2, 0) is 0 Å². The summed E-state index contributed by atoms with van der Waals surface area (Å²) in [6.45, 7) is 4.15. The van der Waals surface area contributed by atoms with E-state index >= 15 is 0 Å². The van der Waals surface area contributed by atoms with E-state index in [4.69, 9.17) is 10.5 Å². The molecule has 18 heavy (non-hydrogen) atoms. The van der Waals surface area contributed by atoms with Crippen molar-refractivity contribution >= 4 is 17.2 Å². The highest BCUT2D eigenvalue weighted by Crippen LogP contribution is 2.24. The topological polar surface area (TPSA) is 60.2 Å². The van der Waals surface area contributed by atoms with Gasteiger partial charge in [-0.15, -0.1) is 0 Å². The lowest BCUT2D eigenvalue weighted by molar-refractivity contribution is 0.398. The van der Waals surface area contributed by atoms with Gasteiger partial charge in [-0.25, -0.2) is 0 Å². The zero-order valence-corrected chi connectivity index (χ0v) is 10.8. The number of methoxy groups -OCH3 is 1. The zero-order chi connectivity index (χ0) is 13.1. The number of nitrogens with one attached hydrogen (secondary N) is 1. The highest BCUT2D eigenvalue weighted by molar-refractivity contribution is 5.69. The fraction of sp³-hybridized carbons (Fsp3) is 0.214. The van der Waals surface area contributed by atoms with Gasteiger partial charge in [0.15, 0.2) is 5.82 Å². The van der Waals surface area contributed by atoms with E-state index in [-0.39, 0.29) is 0 Å². The van der Waals surface area contributed by atoms with Gasteiger partial charge in [-0.05, 0) is 43.2 Å². The largest absolute Gasteiger partial charge is 0.481 e. The third-order valence-corrected chi connectivity index (χ3v) is 2.88. The Hall–Kier alpha value is -2.23. The summed E-state index contributed by atoms with van der Waals surface area (Å²) in [6.07, 6.45) is 0. The van der Waals surface area contributed by atoms with Crippen LogP contribution in [0, 0.1) is 13.8 Å². The van der Waals surface area contributed by atoms with Gasteiger partial charge in [0.2, 0.25) is 5.88 Å². The maximum Gasteiger partial charge on any atom is 0.215 e. The number of anilines is 3. The minimum atomic E-state index is 0.538. The van der Waals surface area contributed by atoms with Crippen molar-refractivity contribution in [2.24, 2.45) is 0 Å². The van der Waals surface area contributed by atoms with Gasteiger partial charge in [-0.1, -0.05) is 6.07 Å². The molecule has 4 nitrogen and oxygen atoms in total. The molecule has 0 radical (unpaired) electrons. The lowest BCUT2D eigenvalue weighted by atomic mass is 10.1. The van der Waals surface area contributed by atoms with Crippen molar-refractivity contribution < 1.29 is 4.74 Å². The van der Waals surface area contributed by atoms with Crippen LogP contribution < -0.4 is 15.8 Å². The molecule has 0 unspecified atom stereocenters. The molecule has 0 aliphatic heterocycles. The Morgan fingerprint density at radius 2 is 1.89 bits per heavy atom. The molecular formula is C14H17N3O. The minimum absolute atomic E-state index is 0.538. The summed E-state index contributed by atoms with van der Waals surface area (Å²) >= 11 is 0. The summed E-state index contributed by atoms with van der Waals surface area (Å²) in [5, 5.41) is 3.20. The molecule has 0 saturated heterocycles. The molecule has 0 bridgehead atoms. The van der Waals surface area contributed by atoms with Crippen LogP contribution in [0.4, 0.5) is 17.2 Å². The van der Waals surface area contributed by atoms with Crippen molar-refractivity contribution in [3.05, 3.63) is 41.5 Å². The Kier molecular flexibility index (Phi) is 3.37. The number of rotatable bonds is 3. The lowest BCUT2D eigenvalue weighted by Gasteiger charge is -2.11. The second kappa shape index (κ2) is 4.96. The Balaban J connectivity index is 2.30. The highest BCUT2D eigenvalue weighted by atomic mass is 16.5. The molecule has 94 valence electrons.